The molecule has 1 saturated heterocycles. The molecule has 1 aliphatic heterocycles. The van der Waals surface area contributed by atoms with Crippen LogP contribution >= 0.6 is 0 Å². The summed E-state index contributed by atoms with van der Waals surface area (Å²) in [5.74, 6) is -0.773. The minimum absolute atomic E-state index is 0.151. The van der Waals surface area contributed by atoms with Gasteiger partial charge in [-0.05, 0) is 5.53 Å². The number of rotatable bonds is 3. The van der Waals surface area contributed by atoms with E-state index < -0.39 is 30.4 Å². The van der Waals surface area contributed by atoms with E-state index in [-0.39, 0.29) is 6.54 Å². The van der Waals surface area contributed by atoms with E-state index in [1.54, 1.807) is 0 Å². The van der Waals surface area contributed by atoms with Crippen LogP contribution in [0.5, 0.6) is 0 Å². The van der Waals surface area contributed by atoms with Gasteiger partial charge in [-0.15, -0.1) is 0 Å². The fourth-order valence-corrected chi connectivity index (χ4v) is 1.33. The predicted molar refractivity (Wildman–Crippen MR) is 46.7 cm³/mol. The van der Waals surface area contributed by atoms with Crippen molar-refractivity contribution >= 4 is 5.97 Å². The topological polar surface area (TPSA) is 125 Å². The highest BCUT2D eigenvalue weighted by Gasteiger charge is 2.46. The lowest BCUT2D eigenvalue weighted by Gasteiger charge is -2.11. The quantitative estimate of drug-likeness (QED) is 0.270. The van der Waals surface area contributed by atoms with E-state index in [0.717, 1.165) is 7.11 Å². The molecule has 0 aromatic carbocycles. The van der Waals surface area contributed by atoms with Crippen LogP contribution in [0.25, 0.3) is 10.4 Å². The van der Waals surface area contributed by atoms with Gasteiger partial charge in [0, 0.05) is 4.91 Å². The van der Waals surface area contributed by atoms with Crippen LogP contribution in [0.15, 0.2) is 5.11 Å². The highest BCUT2D eigenvalue weighted by molar-refractivity contribution is 5.75. The Kier molecular flexibility index (Phi) is 3.87. The third-order valence-corrected chi connectivity index (χ3v) is 2.12. The Bertz CT molecular complexity index is 290. The van der Waals surface area contributed by atoms with Gasteiger partial charge in [0.25, 0.3) is 0 Å². The fraction of sp³-hybridized carbons (Fsp3) is 0.857. The highest BCUT2D eigenvalue weighted by atomic mass is 16.6. The molecular weight excluding hydrogens is 206 g/mol. The number of aliphatic hydroxyl groups excluding tert-OH is 2. The first-order valence-corrected chi connectivity index (χ1v) is 4.22. The SMILES string of the molecule is COC(=O)[C@H]1O[C@H](CN=[N+]=[N-])[C@H](O)[C@@H]1O. The van der Waals surface area contributed by atoms with Gasteiger partial charge in [-0.1, -0.05) is 5.11 Å². The van der Waals surface area contributed by atoms with Crippen LogP contribution in [0, 0.1) is 0 Å². The van der Waals surface area contributed by atoms with Crippen molar-refractivity contribution in [3.8, 4) is 0 Å². The molecule has 0 bridgehead atoms. The van der Waals surface area contributed by atoms with Gasteiger partial charge >= 0.3 is 5.97 Å². The molecule has 1 rings (SSSR count). The molecule has 15 heavy (non-hydrogen) atoms. The second-order valence-electron chi connectivity index (χ2n) is 3.01. The molecule has 2 N–H and O–H groups in total. The maximum Gasteiger partial charge on any atom is 0.337 e. The minimum atomic E-state index is -1.36. The highest BCUT2D eigenvalue weighted by Crippen LogP contribution is 2.22. The Labute approximate surface area is 85.0 Å². The molecule has 1 heterocycles. The lowest BCUT2D eigenvalue weighted by molar-refractivity contribution is -0.156. The first-order chi connectivity index (χ1) is 7.11. The molecule has 4 atom stereocenters. The summed E-state index contributed by atoms with van der Waals surface area (Å²) in [7, 11) is 1.14. The van der Waals surface area contributed by atoms with E-state index in [2.05, 4.69) is 14.8 Å². The Morgan fingerprint density at radius 3 is 2.80 bits per heavy atom. The molecular formula is C7H11N3O5. The minimum Gasteiger partial charge on any atom is -0.467 e. The molecule has 8 heteroatoms. The zero-order valence-corrected chi connectivity index (χ0v) is 7.98. The van der Waals surface area contributed by atoms with Crippen LogP contribution < -0.4 is 0 Å². The number of azide groups is 1. The average Bonchev–Trinajstić information content (AvgIpc) is 2.53. The normalized spacial score (nSPS) is 34.6. The summed E-state index contributed by atoms with van der Waals surface area (Å²) in [4.78, 5) is 13.6. The van der Waals surface area contributed by atoms with E-state index in [0.29, 0.717) is 0 Å². The number of hydrogen-bond donors (Lipinski definition) is 2. The van der Waals surface area contributed by atoms with Crippen molar-refractivity contribution in [2.75, 3.05) is 13.7 Å². The maximum absolute atomic E-state index is 11.1. The molecule has 0 amide bonds. The number of aliphatic hydroxyl groups is 2. The molecule has 84 valence electrons. The molecule has 0 unspecified atom stereocenters. The Morgan fingerprint density at radius 2 is 2.27 bits per heavy atom. The summed E-state index contributed by atoms with van der Waals surface area (Å²) in [6, 6.07) is 0. The smallest absolute Gasteiger partial charge is 0.337 e. The van der Waals surface area contributed by atoms with E-state index in [1.807, 2.05) is 0 Å². The Balaban J connectivity index is 2.66. The van der Waals surface area contributed by atoms with Crippen LogP contribution in [-0.2, 0) is 14.3 Å². The molecule has 0 saturated carbocycles. The summed E-state index contributed by atoms with van der Waals surface area (Å²) in [5.41, 5.74) is 8.07. The number of methoxy groups -OCH3 is 1. The molecule has 1 fully saturated rings. The zero-order valence-electron chi connectivity index (χ0n) is 7.98. The average molecular weight is 217 g/mol. The third-order valence-electron chi connectivity index (χ3n) is 2.12. The molecule has 0 radical (unpaired) electrons. The fourth-order valence-electron chi connectivity index (χ4n) is 1.33. The number of ether oxygens (including phenoxy) is 2. The molecule has 0 aromatic heterocycles. The van der Waals surface area contributed by atoms with Crippen molar-refractivity contribution in [2.24, 2.45) is 5.11 Å². The van der Waals surface area contributed by atoms with Crippen molar-refractivity contribution in [2.45, 2.75) is 24.4 Å². The largest absolute Gasteiger partial charge is 0.467 e. The molecule has 0 aromatic rings. The second-order valence-corrected chi connectivity index (χ2v) is 3.01. The van der Waals surface area contributed by atoms with Gasteiger partial charge in [0.05, 0.1) is 19.8 Å². The van der Waals surface area contributed by atoms with E-state index in [9.17, 15) is 15.0 Å². The Morgan fingerprint density at radius 1 is 1.60 bits per heavy atom. The second kappa shape index (κ2) is 4.94. The predicted octanol–water partition coefficient (Wildman–Crippen LogP) is -1.04. The molecule has 0 aliphatic carbocycles. The maximum atomic E-state index is 11.1. The van der Waals surface area contributed by atoms with Gasteiger partial charge in [-0.3, -0.25) is 0 Å². The number of nitrogens with zero attached hydrogens (tertiary/aromatic N) is 3. The van der Waals surface area contributed by atoms with Gasteiger partial charge in [-0.2, -0.15) is 0 Å². The first kappa shape index (κ1) is 11.7. The lowest BCUT2D eigenvalue weighted by Crippen LogP contribution is -2.37. The van der Waals surface area contributed by atoms with Crippen molar-refractivity contribution in [3.05, 3.63) is 10.4 Å². The summed E-state index contributed by atoms with van der Waals surface area (Å²) < 4.78 is 9.37. The molecule has 1 aliphatic rings. The van der Waals surface area contributed by atoms with Crippen LogP contribution in [-0.4, -0.2) is 54.3 Å². The standard InChI is InChI=1S/C7H11N3O5/c1-14-7(13)6-5(12)4(11)3(15-6)2-9-10-8/h3-6,11-12H,2H2,1H3/t3-,4+,5+,6+/m1/s1. The van der Waals surface area contributed by atoms with E-state index >= 15 is 0 Å². The van der Waals surface area contributed by atoms with Gasteiger partial charge in [-0.25, -0.2) is 4.79 Å². The summed E-state index contributed by atoms with van der Waals surface area (Å²) in [6.45, 7) is -0.151. The number of esters is 1. The van der Waals surface area contributed by atoms with Crippen LogP contribution in [0.3, 0.4) is 0 Å². The van der Waals surface area contributed by atoms with Crippen molar-refractivity contribution in [1.82, 2.24) is 0 Å². The van der Waals surface area contributed by atoms with Crippen LogP contribution in [0.4, 0.5) is 0 Å². The van der Waals surface area contributed by atoms with Crippen LogP contribution in [0.2, 0.25) is 0 Å². The van der Waals surface area contributed by atoms with Gasteiger partial charge < -0.3 is 19.7 Å². The molecule has 0 spiro atoms. The van der Waals surface area contributed by atoms with Crippen molar-refractivity contribution in [3.63, 3.8) is 0 Å². The zero-order chi connectivity index (χ0) is 11.4. The molecule has 8 nitrogen and oxygen atoms in total. The number of carbonyl (C=O) groups is 1. The van der Waals surface area contributed by atoms with Gasteiger partial charge in [0.2, 0.25) is 0 Å². The number of carbonyl (C=O) groups excluding carboxylic acids is 1. The monoisotopic (exact) mass is 217 g/mol. The Hall–Kier alpha value is -1.34. The summed E-state index contributed by atoms with van der Waals surface area (Å²) in [5, 5.41) is 22.0. The first-order valence-electron chi connectivity index (χ1n) is 4.22. The summed E-state index contributed by atoms with van der Waals surface area (Å²) in [6.07, 6.45) is -4.75. The van der Waals surface area contributed by atoms with Crippen LogP contribution in [0.1, 0.15) is 0 Å². The third kappa shape index (κ3) is 2.37. The van der Waals surface area contributed by atoms with E-state index in [1.165, 1.54) is 0 Å². The van der Waals surface area contributed by atoms with Gasteiger partial charge in [0.15, 0.2) is 6.10 Å². The summed E-state index contributed by atoms with van der Waals surface area (Å²) >= 11 is 0. The lowest BCUT2D eigenvalue weighted by atomic mass is 10.1. The van der Waals surface area contributed by atoms with Crippen molar-refractivity contribution in [1.29, 1.82) is 0 Å². The van der Waals surface area contributed by atoms with Crippen molar-refractivity contribution < 1.29 is 24.5 Å². The number of hydrogen-bond acceptors (Lipinski definition) is 6. The van der Waals surface area contributed by atoms with E-state index in [4.69, 9.17) is 10.3 Å². The van der Waals surface area contributed by atoms with Gasteiger partial charge in [0.1, 0.15) is 12.2 Å².